The number of halogens is 1. The van der Waals surface area contributed by atoms with Crippen LogP contribution in [0.15, 0.2) is 16.7 Å². The summed E-state index contributed by atoms with van der Waals surface area (Å²) < 4.78 is 21.1. The Hall–Kier alpha value is -0.300. The third-order valence-electron chi connectivity index (χ3n) is 2.85. The summed E-state index contributed by atoms with van der Waals surface area (Å²) in [6, 6.07) is 3.73. The van der Waals surface area contributed by atoms with E-state index in [-0.39, 0.29) is 16.7 Å². The van der Waals surface area contributed by atoms with Crippen molar-refractivity contribution < 1.29 is 9.29 Å². The Morgan fingerprint density at radius 3 is 2.35 bits per heavy atom. The first-order valence-electron chi connectivity index (χ1n) is 6.55. The van der Waals surface area contributed by atoms with Crippen LogP contribution in [0.2, 0.25) is 0 Å². The van der Waals surface area contributed by atoms with Crippen LogP contribution in [0.3, 0.4) is 0 Å². The zero-order chi connectivity index (χ0) is 15.5. The van der Waals surface area contributed by atoms with Crippen molar-refractivity contribution in [1.82, 2.24) is 9.71 Å². The molecule has 6 heteroatoms. The quantitative estimate of drug-likeness (QED) is 0.642. The smallest absolute Gasteiger partial charge is 0.214 e. The van der Waals surface area contributed by atoms with Crippen molar-refractivity contribution in [3.8, 4) is 5.88 Å². The Morgan fingerprint density at radius 1 is 1.35 bits per heavy atom. The van der Waals surface area contributed by atoms with Gasteiger partial charge in [-0.25, -0.2) is 4.98 Å². The number of rotatable bonds is 5. The summed E-state index contributed by atoms with van der Waals surface area (Å²) >= 11 is 2.33. The van der Waals surface area contributed by atoms with Crippen LogP contribution in [0.1, 0.15) is 46.2 Å². The highest BCUT2D eigenvalue weighted by Gasteiger charge is 2.32. The zero-order valence-corrected chi connectivity index (χ0v) is 15.3. The van der Waals surface area contributed by atoms with E-state index in [1.807, 2.05) is 32.9 Å². The Morgan fingerprint density at radius 2 is 1.95 bits per heavy atom. The van der Waals surface area contributed by atoms with E-state index in [2.05, 4.69) is 39.5 Å². The lowest BCUT2D eigenvalue weighted by molar-refractivity contribution is 0.394. The van der Waals surface area contributed by atoms with Crippen LogP contribution < -0.4 is 9.46 Å². The number of nitrogens with zero attached hydrogens (tertiary/aromatic N) is 1. The summed E-state index contributed by atoms with van der Waals surface area (Å²) in [6.07, 6.45) is 0. The van der Waals surface area contributed by atoms with Gasteiger partial charge in [-0.3, -0.25) is 0 Å². The largest absolute Gasteiger partial charge is 0.598 e. The summed E-state index contributed by atoms with van der Waals surface area (Å²) in [7, 11) is 1.58. The van der Waals surface area contributed by atoms with Gasteiger partial charge < -0.3 is 9.29 Å². The highest BCUT2D eigenvalue weighted by molar-refractivity contribution is 9.10. The molecule has 2 atom stereocenters. The number of nitrogens with one attached hydrogen (secondary N) is 1. The third-order valence-corrected chi connectivity index (χ3v) is 5.07. The highest BCUT2D eigenvalue weighted by atomic mass is 79.9. The van der Waals surface area contributed by atoms with Crippen molar-refractivity contribution in [3.05, 3.63) is 22.3 Å². The van der Waals surface area contributed by atoms with E-state index in [0.29, 0.717) is 10.5 Å². The molecule has 1 N–H and O–H groups in total. The molecule has 114 valence electrons. The molecule has 0 aliphatic carbocycles. The van der Waals surface area contributed by atoms with Crippen LogP contribution >= 0.6 is 15.9 Å². The first kappa shape index (κ1) is 17.8. The molecule has 0 fully saturated rings. The van der Waals surface area contributed by atoms with E-state index < -0.39 is 11.4 Å². The number of hydrogen-bond acceptors (Lipinski definition) is 4. The topological polar surface area (TPSA) is 57.2 Å². The van der Waals surface area contributed by atoms with E-state index in [1.54, 1.807) is 7.11 Å². The van der Waals surface area contributed by atoms with Gasteiger partial charge in [0, 0.05) is 23.0 Å². The molecule has 0 unspecified atom stereocenters. The Balaban J connectivity index is 3.03. The lowest BCUT2D eigenvalue weighted by atomic mass is 9.99. The number of aromatic nitrogens is 1. The molecule has 0 spiro atoms. The highest BCUT2D eigenvalue weighted by Crippen LogP contribution is 2.31. The number of pyridine rings is 1. The van der Waals surface area contributed by atoms with Gasteiger partial charge in [-0.15, -0.1) is 4.72 Å². The van der Waals surface area contributed by atoms with Crippen molar-refractivity contribution in [1.29, 1.82) is 0 Å². The fourth-order valence-electron chi connectivity index (χ4n) is 1.62. The predicted molar refractivity (Wildman–Crippen MR) is 87.1 cm³/mol. The van der Waals surface area contributed by atoms with E-state index in [9.17, 15) is 4.55 Å². The van der Waals surface area contributed by atoms with Crippen LogP contribution in [-0.4, -0.2) is 21.4 Å². The van der Waals surface area contributed by atoms with Gasteiger partial charge in [0.05, 0.1) is 13.2 Å². The van der Waals surface area contributed by atoms with Crippen molar-refractivity contribution >= 4 is 27.3 Å². The molecule has 4 nitrogen and oxygen atoms in total. The standard InChI is InChI=1S/C14H23BrN2O2S/c1-9(2)12(17-20(18)14(3,4)5)10-7-8-11(19-6)16-13(10)15/h7-9,12,17H,1-6H3/t12-,20-/m1/s1. The maximum atomic E-state index is 12.3. The predicted octanol–water partition coefficient (Wildman–Crippen LogP) is 3.60. The second-order valence-electron chi connectivity index (χ2n) is 5.95. The summed E-state index contributed by atoms with van der Waals surface area (Å²) in [6.45, 7) is 10.0. The van der Waals surface area contributed by atoms with E-state index in [4.69, 9.17) is 4.74 Å². The molecular weight excluding hydrogens is 340 g/mol. The SMILES string of the molecule is COc1ccc([C@H](N[S@+]([O-])C(C)(C)C)C(C)C)c(Br)n1. The summed E-state index contributed by atoms with van der Waals surface area (Å²) in [5.41, 5.74) is 0.985. The average Bonchev–Trinajstić information content (AvgIpc) is 2.34. The zero-order valence-electron chi connectivity index (χ0n) is 12.9. The van der Waals surface area contributed by atoms with Gasteiger partial charge in [0.1, 0.15) is 9.35 Å². The monoisotopic (exact) mass is 362 g/mol. The van der Waals surface area contributed by atoms with Crippen molar-refractivity contribution in [2.45, 2.75) is 45.4 Å². The van der Waals surface area contributed by atoms with Gasteiger partial charge in [0.25, 0.3) is 0 Å². The van der Waals surface area contributed by atoms with Crippen LogP contribution in [-0.2, 0) is 11.4 Å². The van der Waals surface area contributed by atoms with Crippen molar-refractivity contribution in [2.75, 3.05) is 7.11 Å². The minimum Gasteiger partial charge on any atom is -0.598 e. The number of methoxy groups -OCH3 is 1. The van der Waals surface area contributed by atoms with E-state index >= 15 is 0 Å². The van der Waals surface area contributed by atoms with Crippen LogP contribution in [0.25, 0.3) is 0 Å². The molecule has 1 heterocycles. The van der Waals surface area contributed by atoms with Crippen LogP contribution in [0.5, 0.6) is 5.88 Å². The molecule has 0 aromatic carbocycles. The fraction of sp³-hybridized carbons (Fsp3) is 0.643. The van der Waals surface area contributed by atoms with Crippen LogP contribution in [0, 0.1) is 5.92 Å². The number of hydrogen-bond donors (Lipinski definition) is 1. The summed E-state index contributed by atoms with van der Waals surface area (Å²) in [4.78, 5) is 4.32. The van der Waals surface area contributed by atoms with E-state index in [1.165, 1.54) is 0 Å². The Labute approximate surface area is 133 Å². The molecule has 0 radical (unpaired) electrons. The van der Waals surface area contributed by atoms with Crippen molar-refractivity contribution in [2.24, 2.45) is 5.92 Å². The molecule has 20 heavy (non-hydrogen) atoms. The molecular formula is C14H23BrN2O2S. The third kappa shape index (κ3) is 4.62. The van der Waals surface area contributed by atoms with Gasteiger partial charge in [0.2, 0.25) is 5.88 Å². The summed E-state index contributed by atoms with van der Waals surface area (Å²) in [5.74, 6) is 0.841. The minimum atomic E-state index is -1.13. The Kier molecular flexibility index (Phi) is 6.31. The molecule has 0 aliphatic rings. The molecule has 0 amide bonds. The molecule has 0 saturated heterocycles. The Bertz CT molecular complexity index is 449. The molecule has 1 aromatic heterocycles. The average molecular weight is 363 g/mol. The summed E-state index contributed by atoms with van der Waals surface area (Å²) in [5, 5.41) is 0. The van der Waals surface area contributed by atoms with Gasteiger partial charge >= 0.3 is 0 Å². The molecule has 0 saturated carbocycles. The molecule has 0 aliphatic heterocycles. The maximum absolute atomic E-state index is 12.3. The van der Waals surface area contributed by atoms with Gasteiger partial charge in [-0.2, -0.15) is 0 Å². The minimum absolute atomic E-state index is 0.0390. The lowest BCUT2D eigenvalue weighted by Crippen LogP contribution is -2.42. The molecule has 1 rings (SSSR count). The molecule has 0 bridgehead atoms. The second-order valence-corrected chi connectivity index (χ2v) is 8.70. The number of ether oxygens (including phenoxy) is 1. The maximum Gasteiger partial charge on any atom is 0.214 e. The van der Waals surface area contributed by atoms with Gasteiger partial charge in [-0.05, 0) is 48.7 Å². The van der Waals surface area contributed by atoms with E-state index in [0.717, 1.165) is 5.56 Å². The lowest BCUT2D eigenvalue weighted by Gasteiger charge is -2.30. The van der Waals surface area contributed by atoms with Crippen molar-refractivity contribution in [3.63, 3.8) is 0 Å². The van der Waals surface area contributed by atoms with Crippen LogP contribution in [0.4, 0.5) is 0 Å². The normalized spacial score (nSPS) is 15.2. The fourth-order valence-corrected chi connectivity index (χ4v) is 3.16. The molecule has 1 aromatic rings. The second kappa shape index (κ2) is 7.11. The van der Waals surface area contributed by atoms with Gasteiger partial charge in [-0.1, -0.05) is 13.8 Å². The first-order chi connectivity index (χ1) is 9.16. The van der Waals surface area contributed by atoms with Gasteiger partial charge in [0.15, 0.2) is 0 Å². The first-order valence-corrected chi connectivity index (χ1v) is 8.49.